The molecule has 3 aromatic carbocycles. The van der Waals surface area contributed by atoms with E-state index in [9.17, 15) is 13.2 Å². The molecule has 3 aliphatic heterocycles. The number of aromatic nitrogens is 15. The molecule has 3 saturated heterocycles. The lowest BCUT2D eigenvalue weighted by atomic mass is 10.1. The molecule has 0 aliphatic carbocycles. The standard InChI is InChI=1S/2C20H20FN7O2.C18H18FN5OS/c2*1-29-12-18-24-25-20(27(18)15-4-6-19(30-2)22-9-15)26-10-16(11-26)28-17-5-3-14(21)7-13(17)8-23-28;1-25-17-6-4-14(9-20-17)22-18(26-2)23-10-15(11-23)24-16-5-3-13(19)7-12(16)8-21-24/h2*3-9,16H,10-12H2,1-2H3;3-9,15H,10-11H2,1-2H3. The van der Waals surface area contributed by atoms with Gasteiger partial charge in [0.05, 0.1) is 110 Å². The minimum Gasteiger partial charge on any atom is -0.481 e. The highest BCUT2D eigenvalue weighted by atomic mass is 32.2. The number of hydrogen-bond acceptors (Lipinski definition) is 19. The minimum atomic E-state index is -0.260. The summed E-state index contributed by atoms with van der Waals surface area (Å²) >= 11 is 1.60. The molecule has 86 heavy (non-hydrogen) atoms. The molecule has 0 radical (unpaired) electrons. The normalized spacial score (nSPS) is 14.6. The highest BCUT2D eigenvalue weighted by Crippen LogP contribution is 2.35. The number of likely N-dealkylation sites (tertiary alicyclic amines) is 1. The maximum atomic E-state index is 13.5. The Morgan fingerprint density at radius 1 is 0.488 bits per heavy atom. The second-order valence-corrected chi connectivity index (χ2v) is 21.0. The molecule has 0 N–H and O–H groups in total. The lowest BCUT2D eigenvalue weighted by molar-refractivity contribution is 0.176. The summed E-state index contributed by atoms with van der Waals surface area (Å²) in [5.74, 6) is 3.68. The fourth-order valence-electron chi connectivity index (χ4n) is 10.4. The van der Waals surface area contributed by atoms with Crippen LogP contribution in [0.3, 0.4) is 0 Å². The largest absolute Gasteiger partial charge is 0.481 e. The lowest BCUT2D eigenvalue weighted by Crippen LogP contribution is -2.50. The zero-order valence-electron chi connectivity index (χ0n) is 47.6. The van der Waals surface area contributed by atoms with Crippen LogP contribution in [0.25, 0.3) is 44.1 Å². The van der Waals surface area contributed by atoms with Crippen LogP contribution in [0.5, 0.6) is 17.6 Å². The molecule has 442 valence electrons. The lowest BCUT2D eigenvalue weighted by Gasteiger charge is -2.41. The Balaban J connectivity index is 0.000000127. The fourth-order valence-corrected chi connectivity index (χ4v) is 11.0. The molecule has 3 fully saturated rings. The summed E-state index contributed by atoms with van der Waals surface area (Å²) in [6.45, 7) is 5.13. The van der Waals surface area contributed by atoms with Gasteiger partial charge in [-0.15, -0.1) is 20.4 Å². The van der Waals surface area contributed by atoms with Gasteiger partial charge in [0.15, 0.2) is 16.8 Å². The van der Waals surface area contributed by atoms with Gasteiger partial charge in [-0.25, -0.2) is 33.1 Å². The summed E-state index contributed by atoms with van der Waals surface area (Å²) in [6, 6.07) is 25.9. The number of ether oxygens (including phenoxy) is 5. The van der Waals surface area contributed by atoms with E-state index in [-0.39, 0.29) is 35.6 Å². The van der Waals surface area contributed by atoms with Gasteiger partial charge >= 0.3 is 0 Å². The number of aliphatic imine (C=N–C) groups is 1. The summed E-state index contributed by atoms with van der Waals surface area (Å²) in [6.07, 6.45) is 12.3. The van der Waals surface area contributed by atoms with Gasteiger partial charge in [0.1, 0.15) is 30.7 Å². The summed E-state index contributed by atoms with van der Waals surface area (Å²) < 4.78 is 75.9. The highest BCUT2D eigenvalue weighted by molar-refractivity contribution is 8.13. The van der Waals surface area contributed by atoms with Gasteiger partial charge in [-0.2, -0.15) is 15.3 Å². The molecule has 14 rings (SSSR count). The van der Waals surface area contributed by atoms with Crippen LogP contribution in [0.15, 0.2) is 133 Å². The number of anilines is 2. The van der Waals surface area contributed by atoms with Crippen LogP contribution in [0.1, 0.15) is 29.8 Å². The van der Waals surface area contributed by atoms with Gasteiger partial charge in [0.2, 0.25) is 29.5 Å². The van der Waals surface area contributed by atoms with Gasteiger partial charge in [-0.3, -0.25) is 23.2 Å². The third kappa shape index (κ3) is 11.5. The van der Waals surface area contributed by atoms with E-state index in [0.717, 1.165) is 68.0 Å². The number of amidine groups is 1. The first kappa shape index (κ1) is 56.8. The van der Waals surface area contributed by atoms with Gasteiger partial charge in [0.25, 0.3) is 0 Å². The van der Waals surface area contributed by atoms with Crippen molar-refractivity contribution in [1.29, 1.82) is 0 Å². The molecule has 0 saturated carbocycles. The van der Waals surface area contributed by atoms with E-state index in [1.165, 1.54) is 36.4 Å². The summed E-state index contributed by atoms with van der Waals surface area (Å²) in [5.41, 5.74) is 5.23. The van der Waals surface area contributed by atoms with E-state index in [1.54, 1.807) is 121 Å². The Bertz CT molecular complexity index is 3970. The number of pyridine rings is 3. The predicted molar refractivity (Wildman–Crippen MR) is 316 cm³/mol. The molecule has 0 amide bonds. The third-order valence-electron chi connectivity index (χ3n) is 14.8. The van der Waals surface area contributed by atoms with Crippen molar-refractivity contribution in [3.8, 4) is 29.0 Å². The van der Waals surface area contributed by atoms with Crippen molar-refractivity contribution in [2.24, 2.45) is 4.99 Å². The number of nitrogens with zero attached hydrogens (tertiary/aromatic N) is 19. The average Bonchev–Trinajstić information content (AvgIpc) is 1.83. The van der Waals surface area contributed by atoms with Crippen molar-refractivity contribution in [3.63, 3.8) is 0 Å². The predicted octanol–water partition coefficient (Wildman–Crippen LogP) is 8.22. The Morgan fingerprint density at radius 3 is 1.23 bits per heavy atom. The number of benzene rings is 3. The van der Waals surface area contributed by atoms with Crippen LogP contribution in [-0.4, -0.2) is 165 Å². The van der Waals surface area contributed by atoms with E-state index in [4.69, 9.17) is 23.7 Å². The Kier molecular flexibility index (Phi) is 16.4. The van der Waals surface area contributed by atoms with Gasteiger partial charge < -0.3 is 38.4 Å². The quantitative estimate of drug-likeness (QED) is 0.0696. The van der Waals surface area contributed by atoms with E-state index in [1.807, 2.05) is 47.6 Å². The SMILES string of the molecule is COCc1nnc(N2CC(n3ncc4cc(F)ccc43)C2)n1-c1ccc(OC)nc1.COCc1nnc(N2CC(n3ncc4cc(F)ccc43)C2)n1-c1ccc(OC)nc1.COc1ccc(N=C(SC)N2CC(n3ncc4cc(F)ccc43)C2)cn1. The van der Waals surface area contributed by atoms with Crippen molar-refractivity contribution in [1.82, 2.24) is 78.7 Å². The first-order chi connectivity index (χ1) is 42.0. The van der Waals surface area contributed by atoms with Gasteiger partial charge in [-0.1, -0.05) is 11.8 Å². The number of thioether (sulfide) groups is 1. The Hall–Kier alpha value is -9.67. The molecular formula is C58H58F3N19O5S. The zero-order chi connectivity index (χ0) is 59.4. The number of methoxy groups -OCH3 is 5. The maximum Gasteiger partial charge on any atom is 0.232 e. The van der Waals surface area contributed by atoms with Gasteiger partial charge in [0, 0.05) is 87.8 Å². The number of hydrogen-bond donors (Lipinski definition) is 0. The monoisotopic (exact) mass is 1190 g/mol. The Labute approximate surface area is 494 Å². The molecule has 24 nitrogen and oxygen atoms in total. The third-order valence-corrected chi connectivity index (χ3v) is 15.5. The van der Waals surface area contributed by atoms with Crippen LogP contribution in [0.4, 0.5) is 30.8 Å². The van der Waals surface area contributed by atoms with Crippen molar-refractivity contribution in [2.75, 3.05) is 90.9 Å². The van der Waals surface area contributed by atoms with Crippen molar-refractivity contribution < 1.29 is 36.9 Å². The van der Waals surface area contributed by atoms with E-state index < -0.39 is 0 Å². The second kappa shape index (κ2) is 24.9. The van der Waals surface area contributed by atoms with Crippen LogP contribution in [-0.2, 0) is 22.7 Å². The average molecular weight is 1190 g/mol. The molecule has 0 unspecified atom stereocenters. The number of fused-ring (bicyclic) bond motifs is 3. The minimum absolute atomic E-state index is 0.165. The molecule has 0 bridgehead atoms. The molecule has 11 heterocycles. The van der Waals surface area contributed by atoms with Crippen LogP contribution in [0, 0.1) is 17.5 Å². The molecule has 8 aromatic heterocycles. The molecule has 28 heteroatoms. The molecule has 0 atom stereocenters. The van der Waals surface area contributed by atoms with E-state index in [2.05, 4.69) is 70.3 Å². The number of rotatable bonds is 15. The molecule has 0 spiro atoms. The molecule has 3 aliphatic rings. The first-order valence-electron chi connectivity index (χ1n) is 27.2. The van der Waals surface area contributed by atoms with E-state index in [0.29, 0.717) is 80.6 Å². The second-order valence-electron chi connectivity index (χ2n) is 20.2. The van der Waals surface area contributed by atoms with Crippen LogP contribution in [0.2, 0.25) is 0 Å². The van der Waals surface area contributed by atoms with Crippen molar-refractivity contribution >= 4 is 67.2 Å². The fraction of sp³-hybridized carbons (Fsp3) is 0.293. The molecular weight excluding hydrogens is 1130 g/mol. The number of halogens is 3. The van der Waals surface area contributed by atoms with Crippen LogP contribution < -0.4 is 24.0 Å². The zero-order valence-corrected chi connectivity index (χ0v) is 48.4. The van der Waals surface area contributed by atoms with Crippen LogP contribution >= 0.6 is 11.8 Å². The summed E-state index contributed by atoms with van der Waals surface area (Å²) in [7, 11) is 7.99. The first-order valence-corrected chi connectivity index (χ1v) is 28.4. The summed E-state index contributed by atoms with van der Waals surface area (Å²) in [5, 5.41) is 34.1. The topological polar surface area (TPSA) is 222 Å². The molecule has 11 aromatic rings. The Morgan fingerprint density at radius 2 is 0.884 bits per heavy atom. The highest BCUT2D eigenvalue weighted by Gasteiger charge is 2.36. The van der Waals surface area contributed by atoms with Crippen molar-refractivity contribution in [2.45, 2.75) is 31.3 Å². The summed E-state index contributed by atoms with van der Waals surface area (Å²) in [4.78, 5) is 23.9. The smallest absolute Gasteiger partial charge is 0.232 e. The van der Waals surface area contributed by atoms with Crippen molar-refractivity contribution in [3.05, 3.63) is 157 Å². The van der Waals surface area contributed by atoms with E-state index >= 15 is 0 Å². The maximum absolute atomic E-state index is 13.5. The van der Waals surface area contributed by atoms with Gasteiger partial charge in [-0.05, 0) is 79.1 Å².